The van der Waals surface area contributed by atoms with E-state index in [-0.39, 0.29) is 23.8 Å². The van der Waals surface area contributed by atoms with Crippen LogP contribution in [0.1, 0.15) is 43.0 Å². The van der Waals surface area contributed by atoms with Crippen LogP contribution in [0, 0.1) is 5.82 Å². The average molecular weight is 451 g/mol. The Labute approximate surface area is 192 Å². The normalized spacial score (nSPS) is 18.1. The number of fused-ring (bicyclic) bond motifs is 1. The summed E-state index contributed by atoms with van der Waals surface area (Å²) in [5.41, 5.74) is 3.03. The van der Waals surface area contributed by atoms with Crippen molar-refractivity contribution in [3.05, 3.63) is 53.8 Å². The van der Waals surface area contributed by atoms with E-state index in [1.807, 2.05) is 7.05 Å². The number of hydrogen-bond acceptors (Lipinski definition) is 6. The first-order chi connectivity index (χ1) is 15.9. The predicted octanol–water partition coefficient (Wildman–Crippen LogP) is 4.11. The largest absolute Gasteiger partial charge is 0.465 e. The van der Waals surface area contributed by atoms with E-state index in [9.17, 15) is 14.0 Å². The van der Waals surface area contributed by atoms with Gasteiger partial charge in [-0.25, -0.2) is 19.2 Å². The zero-order valence-corrected chi connectivity index (χ0v) is 19.0. The molecule has 0 bridgehead atoms. The summed E-state index contributed by atoms with van der Waals surface area (Å²) >= 11 is 0. The first kappa shape index (κ1) is 22.6. The Balaban J connectivity index is 1.73. The Morgan fingerprint density at radius 1 is 1.03 bits per heavy atom. The molecule has 7 nitrogen and oxygen atoms in total. The molecule has 1 aliphatic rings. The van der Waals surface area contributed by atoms with Crippen LogP contribution in [0.3, 0.4) is 0 Å². The number of hydrogen-bond donors (Lipinski definition) is 1. The van der Waals surface area contributed by atoms with Gasteiger partial charge in [0.25, 0.3) is 0 Å². The van der Waals surface area contributed by atoms with Crippen molar-refractivity contribution in [2.75, 3.05) is 19.1 Å². The molecule has 33 heavy (non-hydrogen) atoms. The number of amides is 1. The first-order valence-corrected chi connectivity index (χ1v) is 11.0. The minimum Gasteiger partial charge on any atom is -0.465 e. The molecule has 2 aromatic carbocycles. The molecule has 8 heteroatoms. The van der Waals surface area contributed by atoms with Gasteiger partial charge in [0.2, 0.25) is 5.91 Å². The van der Waals surface area contributed by atoms with E-state index in [0.717, 1.165) is 31.2 Å². The van der Waals surface area contributed by atoms with Crippen molar-refractivity contribution in [3.63, 3.8) is 0 Å². The van der Waals surface area contributed by atoms with Crippen molar-refractivity contribution in [3.8, 4) is 11.3 Å². The van der Waals surface area contributed by atoms with Crippen LogP contribution in [0.5, 0.6) is 0 Å². The summed E-state index contributed by atoms with van der Waals surface area (Å²) in [6.45, 7) is 1.54. The molecule has 1 fully saturated rings. The molecule has 0 aliphatic heterocycles. The second-order valence-corrected chi connectivity index (χ2v) is 8.41. The highest BCUT2D eigenvalue weighted by molar-refractivity contribution is 5.94. The van der Waals surface area contributed by atoms with Gasteiger partial charge >= 0.3 is 5.97 Å². The van der Waals surface area contributed by atoms with Crippen LogP contribution in [0.15, 0.2) is 42.5 Å². The number of rotatable bonds is 5. The molecular weight excluding hydrogens is 423 g/mol. The third-order valence-corrected chi connectivity index (χ3v) is 6.17. The molecule has 1 saturated carbocycles. The number of ether oxygens (including phenoxy) is 1. The third kappa shape index (κ3) is 4.94. The smallest absolute Gasteiger partial charge is 0.337 e. The van der Waals surface area contributed by atoms with Crippen LogP contribution < -0.4 is 10.2 Å². The SMILES string of the molecule is COC(=O)c1ccc2nc(-c3ccc(F)cc3)c(N(C)C3CCC(NC(C)=O)CC3)nc2c1. The molecule has 0 radical (unpaired) electrons. The maximum atomic E-state index is 13.6. The fourth-order valence-corrected chi connectivity index (χ4v) is 4.41. The van der Waals surface area contributed by atoms with E-state index in [0.29, 0.717) is 28.1 Å². The molecule has 1 heterocycles. The summed E-state index contributed by atoms with van der Waals surface area (Å²) in [6, 6.07) is 11.7. The zero-order valence-electron chi connectivity index (χ0n) is 19.0. The molecule has 172 valence electrons. The summed E-state index contributed by atoms with van der Waals surface area (Å²) in [6.07, 6.45) is 3.56. The van der Waals surface area contributed by atoms with Crippen LogP contribution in [0.4, 0.5) is 10.2 Å². The van der Waals surface area contributed by atoms with E-state index in [4.69, 9.17) is 14.7 Å². The molecule has 0 spiro atoms. The molecule has 3 aromatic rings. The molecule has 1 aliphatic carbocycles. The molecule has 1 N–H and O–H groups in total. The monoisotopic (exact) mass is 450 g/mol. The van der Waals surface area contributed by atoms with Gasteiger partial charge in [0, 0.05) is 31.6 Å². The minimum atomic E-state index is -0.437. The Morgan fingerprint density at radius 3 is 2.36 bits per heavy atom. The van der Waals surface area contributed by atoms with Gasteiger partial charge in [0.1, 0.15) is 11.5 Å². The molecule has 0 unspecified atom stereocenters. The quantitative estimate of drug-likeness (QED) is 0.589. The lowest BCUT2D eigenvalue weighted by molar-refractivity contribution is -0.119. The van der Waals surface area contributed by atoms with E-state index >= 15 is 0 Å². The summed E-state index contributed by atoms with van der Waals surface area (Å²) < 4.78 is 18.4. The summed E-state index contributed by atoms with van der Waals surface area (Å²) in [7, 11) is 3.32. The number of methoxy groups -OCH3 is 1. The van der Waals surface area contributed by atoms with Crippen molar-refractivity contribution in [1.82, 2.24) is 15.3 Å². The Kier molecular flexibility index (Phi) is 6.53. The molecular formula is C25H27FN4O3. The number of carbonyl (C=O) groups is 2. The van der Waals surface area contributed by atoms with Crippen molar-refractivity contribution < 1.29 is 18.7 Å². The van der Waals surface area contributed by atoms with Crippen LogP contribution in [0.2, 0.25) is 0 Å². The highest BCUT2D eigenvalue weighted by Crippen LogP contribution is 2.33. The van der Waals surface area contributed by atoms with Crippen LogP contribution in [0.25, 0.3) is 22.3 Å². The molecule has 1 amide bonds. The van der Waals surface area contributed by atoms with Crippen LogP contribution >= 0.6 is 0 Å². The summed E-state index contributed by atoms with van der Waals surface area (Å²) in [5.74, 6) is -0.0970. The lowest BCUT2D eigenvalue weighted by Gasteiger charge is -2.36. The van der Waals surface area contributed by atoms with E-state index in [1.165, 1.54) is 19.2 Å². The minimum absolute atomic E-state index is 0.00722. The fourth-order valence-electron chi connectivity index (χ4n) is 4.41. The van der Waals surface area contributed by atoms with Gasteiger partial charge in [-0.1, -0.05) is 0 Å². The second kappa shape index (κ2) is 9.52. The number of nitrogens with zero attached hydrogens (tertiary/aromatic N) is 3. The molecule has 1 aromatic heterocycles. The van der Waals surface area contributed by atoms with Gasteiger partial charge in [-0.3, -0.25) is 4.79 Å². The van der Waals surface area contributed by atoms with Gasteiger partial charge in [-0.15, -0.1) is 0 Å². The Hall–Kier alpha value is -3.55. The summed E-state index contributed by atoms with van der Waals surface area (Å²) in [4.78, 5) is 35.2. The maximum absolute atomic E-state index is 13.6. The lowest BCUT2D eigenvalue weighted by Crippen LogP contribution is -2.42. The highest BCUT2D eigenvalue weighted by Gasteiger charge is 2.27. The number of aromatic nitrogens is 2. The number of esters is 1. The number of nitrogens with one attached hydrogen (secondary N) is 1. The number of benzene rings is 2. The fraction of sp³-hybridized carbons (Fsp3) is 0.360. The van der Waals surface area contributed by atoms with Gasteiger partial charge in [0.05, 0.1) is 23.7 Å². The van der Waals surface area contributed by atoms with Crippen molar-refractivity contribution in [2.45, 2.75) is 44.7 Å². The number of carbonyl (C=O) groups excluding carboxylic acids is 2. The van der Waals surface area contributed by atoms with Crippen molar-refractivity contribution in [2.24, 2.45) is 0 Å². The van der Waals surface area contributed by atoms with Gasteiger partial charge in [0.15, 0.2) is 5.82 Å². The number of halogens is 1. The third-order valence-electron chi connectivity index (χ3n) is 6.17. The lowest BCUT2D eigenvalue weighted by atomic mass is 9.90. The van der Waals surface area contributed by atoms with Gasteiger partial charge in [-0.2, -0.15) is 0 Å². The molecule has 0 saturated heterocycles. The predicted molar refractivity (Wildman–Crippen MR) is 125 cm³/mol. The van der Waals surface area contributed by atoms with E-state index < -0.39 is 5.97 Å². The second-order valence-electron chi connectivity index (χ2n) is 8.41. The molecule has 4 rings (SSSR count). The van der Waals surface area contributed by atoms with Gasteiger partial charge < -0.3 is 15.0 Å². The average Bonchev–Trinajstić information content (AvgIpc) is 2.82. The standard InChI is InChI=1S/C25H27FN4O3/c1-15(31)27-19-9-11-20(12-10-19)30(2)24-23(16-4-7-18(26)8-5-16)28-21-13-6-17(25(32)33-3)14-22(21)29-24/h4-8,13-14,19-20H,9-12H2,1-3H3,(H,27,31). The van der Waals surface area contributed by atoms with Crippen molar-refractivity contribution >= 4 is 28.7 Å². The Bertz CT molecular complexity index is 1170. The van der Waals surface area contributed by atoms with Crippen LogP contribution in [-0.4, -0.2) is 48.1 Å². The Morgan fingerprint density at radius 2 is 1.73 bits per heavy atom. The van der Waals surface area contributed by atoms with Crippen LogP contribution in [-0.2, 0) is 9.53 Å². The van der Waals surface area contributed by atoms with E-state index in [2.05, 4.69) is 10.2 Å². The number of anilines is 1. The maximum Gasteiger partial charge on any atom is 0.337 e. The van der Waals surface area contributed by atoms with Gasteiger partial charge in [-0.05, 0) is 68.1 Å². The topological polar surface area (TPSA) is 84.4 Å². The van der Waals surface area contributed by atoms with E-state index in [1.54, 1.807) is 37.3 Å². The summed E-state index contributed by atoms with van der Waals surface area (Å²) in [5, 5.41) is 3.01. The first-order valence-electron chi connectivity index (χ1n) is 11.0. The highest BCUT2D eigenvalue weighted by atomic mass is 19.1. The van der Waals surface area contributed by atoms with Crippen molar-refractivity contribution in [1.29, 1.82) is 0 Å². The molecule has 0 atom stereocenters. The zero-order chi connectivity index (χ0) is 23.5.